The Morgan fingerprint density at radius 1 is 1.00 bits per heavy atom. The van der Waals surface area contributed by atoms with Crippen molar-refractivity contribution < 1.29 is 33.0 Å². The van der Waals surface area contributed by atoms with Gasteiger partial charge >= 0.3 is 12.1 Å². The molecule has 1 atom stereocenters. The van der Waals surface area contributed by atoms with Crippen molar-refractivity contribution >= 4 is 29.2 Å². The molecular weight excluding hydrogens is 591 g/mol. The first-order valence-electron chi connectivity index (χ1n) is 13.4. The van der Waals surface area contributed by atoms with Crippen molar-refractivity contribution in [2.24, 2.45) is 0 Å². The fraction of sp³-hybridized carbons (Fsp3) is 0.161. The number of halogens is 3. The Balaban J connectivity index is 0.000000700. The van der Waals surface area contributed by atoms with Crippen LogP contribution in [0.3, 0.4) is 0 Å². The first kappa shape index (κ1) is 32.3. The second kappa shape index (κ2) is 13.8. The van der Waals surface area contributed by atoms with Crippen molar-refractivity contribution in [3.8, 4) is 16.9 Å². The number of carboxylic acid groups (broad SMARTS) is 1. The fourth-order valence-electron chi connectivity index (χ4n) is 3.87. The molecule has 14 heteroatoms. The first-order valence-corrected chi connectivity index (χ1v) is 13.4. The van der Waals surface area contributed by atoms with E-state index < -0.39 is 29.7 Å². The minimum Gasteiger partial charge on any atom is -0.479 e. The lowest BCUT2D eigenvalue weighted by Crippen LogP contribution is -2.14. The number of aryl methyl sites for hydroxylation is 2. The number of aliphatic carboxylic acids is 1. The summed E-state index contributed by atoms with van der Waals surface area (Å²) in [5.41, 5.74) is 3.09. The summed E-state index contributed by atoms with van der Waals surface area (Å²) in [5.74, 6) is -1.44. The minimum absolute atomic E-state index is 0.00114. The Kier molecular flexibility index (Phi) is 9.88. The lowest BCUT2D eigenvalue weighted by Gasteiger charge is -2.14. The van der Waals surface area contributed by atoms with Crippen LogP contribution in [0.4, 0.5) is 30.5 Å². The Labute approximate surface area is 255 Å². The number of carbonyl (C=O) groups excluding carboxylic acids is 1. The van der Waals surface area contributed by atoms with Gasteiger partial charge in [0.15, 0.2) is 0 Å². The lowest BCUT2D eigenvalue weighted by molar-refractivity contribution is -0.145. The summed E-state index contributed by atoms with van der Waals surface area (Å²) in [6, 6.07) is 13.7. The molecule has 0 radical (unpaired) electrons. The van der Waals surface area contributed by atoms with Crippen LogP contribution in [0.25, 0.3) is 16.9 Å². The van der Waals surface area contributed by atoms with Crippen LogP contribution < -0.4 is 10.6 Å². The third-order valence-electron chi connectivity index (χ3n) is 6.23. The Hall–Kier alpha value is -5.63. The summed E-state index contributed by atoms with van der Waals surface area (Å²) in [7, 11) is 0. The van der Waals surface area contributed by atoms with E-state index in [1.807, 2.05) is 13.0 Å². The number of carboxylic acids is 1. The second-order valence-corrected chi connectivity index (χ2v) is 9.82. The van der Waals surface area contributed by atoms with Gasteiger partial charge in [0.2, 0.25) is 5.95 Å². The van der Waals surface area contributed by atoms with E-state index in [1.54, 1.807) is 62.0 Å². The number of benzene rings is 2. The maximum Gasteiger partial charge on any atom is 0.416 e. The largest absolute Gasteiger partial charge is 0.479 e. The number of anilines is 3. The lowest BCUT2D eigenvalue weighted by atomic mass is 10.1. The van der Waals surface area contributed by atoms with E-state index in [2.05, 4.69) is 30.6 Å². The van der Waals surface area contributed by atoms with E-state index in [0.29, 0.717) is 23.0 Å². The molecule has 3 aromatic heterocycles. The van der Waals surface area contributed by atoms with Crippen molar-refractivity contribution in [1.82, 2.24) is 24.5 Å². The summed E-state index contributed by atoms with van der Waals surface area (Å²) in [5, 5.41) is 21.5. The molecule has 2 aromatic carbocycles. The highest BCUT2D eigenvalue weighted by Gasteiger charge is 2.31. The molecular formula is C31H28F3N7O4. The molecule has 0 aliphatic heterocycles. The number of hydrogen-bond acceptors (Lipinski definition) is 8. The van der Waals surface area contributed by atoms with Gasteiger partial charge in [-0.25, -0.2) is 19.7 Å². The molecule has 11 nitrogen and oxygen atoms in total. The van der Waals surface area contributed by atoms with Gasteiger partial charge < -0.3 is 25.4 Å². The van der Waals surface area contributed by atoms with Gasteiger partial charge in [-0.2, -0.15) is 13.2 Å². The Morgan fingerprint density at radius 2 is 1.76 bits per heavy atom. The van der Waals surface area contributed by atoms with Crippen LogP contribution in [-0.2, 0) is 11.0 Å². The van der Waals surface area contributed by atoms with Gasteiger partial charge in [0.05, 0.1) is 23.3 Å². The van der Waals surface area contributed by atoms with Crippen molar-refractivity contribution in [3.63, 3.8) is 0 Å². The molecule has 0 saturated carbocycles. The molecule has 3 heterocycles. The third kappa shape index (κ3) is 8.70. The van der Waals surface area contributed by atoms with Gasteiger partial charge in [-0.15, -0.1) is 0 Å². The quantitative estimate of drug-likeness (QED) is 0.177. The predicted octanol–water partition coefficient (Wildman–Crippen LogP) is 5.81. The summed E-state index contributed by atoms with van der Waals surface area (Å²) in [6.07, 6.45) is 2.15. The Bertz CT molecular complexity index is 1810. The molecule has 0 spiro atoms. The number of aromatic nitrogens is 5. The van der Waals surface area contributed by atoms with Gasteiger partial charge in [-0.1, -0.05) is 6.07 Å². The van der Waals surface area contributed by atoms with E-state index in [4.69, 9.17) is 10.2 Å². The molecule has 5 aromatic rings. The molecule has 0 bridgehead atoms. The number of aliphatic hydroxyl groups excluding tert-OH is 1. The monoisotopic (exact) mass is 619 g/mol. The smallest absolute Gasteiger partial charge is 0.416 e. The van der Waals surface area contributed by atoms with Crippen LogP contribution in [0.5, 0.6) is 0 Å². The first-order chi connectivity index (χ1) is 21.3. The maximum absolute atomic E-state index is 13.6. The van der Waals surface area contributed by atoms with Gasteiger partial charge in [0.25, 0.3) is 5.91 Å². The molecule has 1 amide bonds. The standard InChI is InChI=1S/C28H22F3N7O.C3H6O3/c1-17-5-6-19(10-25(17)37-27-33-9-7-24(36-27)20-4-3-8-32-14-20)26(39)35-22-11-21(28(29,30)31)12-23(13-22)38-15-18(2)34-16-38;1-2(4)3(5)6/h3-16H,1-2H3,(H,35,39)(H,33,36,37);2,4H,1H3,(H,5,6). The molecule has 232 valence electrons. The van der Waals surface area contributed by atoms with Crippen molar-refractivity contribution in [1.29, 1.82) is 0 Å². The number of amides is 1. The number of nitrogens with zero attached hydrogens (tertiary/aromatic N) is 5. The van der Waals surface area contributed by atoms with E-state index in [-0.39, 0.29) is 16.9 Å². The van der Waals surface area contributed by atoms with Gasteiger partial charge in [-0.3, -0.25) is 9.78 Å². The van der Waals surface area contributed by atoms with E-state index in [0.717, 1.165) is 23.3 Å². The average molecular weight is 620 g/mol. The topological polar surface area (TPSA) is 155 Å². The highest BCUT2D eigenvalue weighted by atomic mass is 19.4. The summed E-state index contributed by atoms with van der Waals surface area (Å²) >= 11 is 0. The average Bonchev–Trinajstić information content (AvgIpc) is 3.45. The van der Waals surface area contributed by atoms with Crippen LogP contribution in [0.1, 0.15) is 34.1 Å². The molecule has 5 rings (SSSR count). The SMILES string of the molecule is CC(O)C(=O)O.Cc1cn(-c2cc(NC(=O)c3ccc(C)c(Nc4nccc(-c5cccnc5)n4)c3)cc(C(F)(F)F)c2)cn1. The van der Waals surface area contributed by atoms with Crippen LogP contribution in [0.15, 0.2) is 85.7 Å². The summed E-state index contributed by atoms with van der Waals surface area (Å²) < 4.78 is 42.3. The van der Waals surface area contributed by atoms with E-state index >= 15 is 0 Å². The zero-order valence-corrected chi connectivity index (χ0v) is 24.2. The predicted molar refractivity (Wildman–Crippen MR) is 160 cm³/mol. The number of aliphatic hydroxyl groups is 1. The van der Waals surface area contributed by atoms with Crippen LogP contribution in [0, 0.1) is 13.8 Å². The van der Waals surface area contributed by atoms with Gasteiger partial charge in [0, 0.05) is 53.0 Å². The number of carbonyl (C=O) groups is 2. The third-order valence-corrected chi connectivity index (χ3v) is 6.23. The van der Waals surface area contributed by atoms with E-state index in [9.17, 15) is 22.8 Å². The summed E-state index contributed by atoms with van der Waals surface area (Å²) in [4.78, 5) is 39.5. The zero-order chi connectivity index (χ0) is 32.7. The molecule has 0 fully saturated rings. The molecule has 0 saturated heterocycles. The number of alkyl halides is 3. The highest BCUT2D eigenvalue weighted by Crippen LogP contribution is 2.33. The normalized spacial score (nSPS) is 11.6. The summed E-state index contributed by atoms with van der Waals surface area (Å²) in [6.45, 7) is 4.78. The van der Waals surface area contributed by atoms with Crippen molar-refractivity contribution in [2.75, 3.05) is 10.6 Å². The van der Waals surface area contributed by atoms with Gasteiger partial charge in [-0.05, 0) is 74.9 Å². The molecule has 0 aliphatic carbocycles. The minimum atomic E-state index is -4.60. The Morgan fingerprint density at radius 3 is 2.38 bits per heavy atom. The number of pyridine rings is 1. The van der Waals surface area contributed by atoms with Crippen LogP contribution in [0.2, 0.25) is 0 Å². The van der Waals surface area contributed by atoms with Crippen LogP contribution in [-0.4, -0.2) is 52.7 Å². The number of rotatable bonds is 7. The van der Waals surface area contributed by atoms with Gasteiger partial charge in [0.1, 0.15) is 6.10 Å². The zero-order valence-electron chi connectivity index (χ0n) is 24.2. The number of nitrogens with one attached hydrogen (secondary N) is 2. The van der Waals surface area contributed by atoms with Crippen molar-refractivity contribution in [3.05, 3.63) is 108 Å². The molecule has 1 unspecified atom stereocenters. The number of hydrogen-bond donors (Lipinski definition) is 4. The fourth-order valence-corrected chi connectivity index (χ4v) is 3.87. The van der Waals surface area contributed by atoms with E-state index in [1.165, 1.54) is 23.9 Å². The van der Waals surface area contributed by atoms with Crippen LogP contribution >= 0.6 is 0 Å². The second-order valence-electron chi connectivity index (χ2n) is 9.82. The maximum atomic E-state index is 13.6. The van der Waals surface area contributed by atoms with Crippen molar-refractivity contribution in [2.45, 2.75) is 33.1 Å². The molecule has 0 aliphatic rings. The highest BCUT2D eigenvalue weighted by molar-refractivity contribution is 6.05. The molecule has 45 heavy (non-hydrogen) atoms. The number of imidazole rings is 1. The molecule has 4 N–H and O–H groups in total.